The van der Waals surface area contributed by atoms with Crippen LogP contribution in [0.1, 0.15) is 18.1 Å². The second kappa shape index (κ2) is 9.69. The number of nitrogens with one attached hydrogen (secondary N) is 2. The molecule has 1 atom stereocenters. The molecule has 0 saturated carbocycles. The fraction of sp³-hybridized carbons (Fsp3) is 0.208. The maximum absolute atomic E-state index is 12.3. The standard InChI is InChI=1S/C24H24N2O4/c1-16-10-12-20(13-11-16)26-24(29)17(2)30-23(28)15-25-22(27)14-19-8-5-7-18-6-3-4-9-21(18)19/h3-13,17H,14-15H2,1-2H3,(H,25,27)(H,26,29)/t17-/m0/s1. The molecule has 0 aliphatic carbocycles. The maximum Gasteiger partial charge on any atom is 0.326 e. The lowest BCUT2D eigenvalue weighted by atomic mass is 10.0. The van der Waals surface area contributed by atoms with Crippen LogP contribution >= 0.6 is 0 Å². The van der Waals surface area contributed by atoms with Gasteiger partial charge in [0, 0.05) is 5.69 Å². The zero-order valence-corrected chi connectivity index (χ0v) is 17.0. The average Bonchev–Trinajstić information content (AvgIpc) is 2.74. The highest BCUT2D eigenvalue weighted by Crippen LogP contribution is 2.18. The van der Waals surface area contributed by atoms with Crippen molar-refractivity contribution < 1.29 is 19.1 Å². The molecule has 0 fully saturated rings. The molecule has 0 unspecified atom stereocenters. The van der Waals surface area contributed by atoms with Gasteiger partial charge in [-0.2, -0.15) is 0 Å². The highest BCUT2D eigenvalue weighted by atomic mass is 16.5. The molecule has 154 valence electrons. The molecule has 3 aromatic rings. The number of amides is 2. The smallest absolute Gasteiger partial charge is 0.326 e. The van der Waals surface area contributed by atoms with E-state index in [0.717, 1.165) is 21.9 Å². The first-order valence-corrected chi connectivity index (χ1v) is 9.73. The van der Waals surface area contributed by atoms with Crippen molar-refractivity contribution in [1.29, 1.82) is 0 Å². The first-order valence-electron chi connectivity index (χ1n) is 9.73. The average molecular weight is 404 g/mol. The molecule has 3 aromatic carbocycles. The summed E-state index contributed by atoms with van der Waals surface area (Å²) in [4.78, 5) is 36.4. The summed E-state index contributed by atoms with van der Waals surface area (Å²) in [7, 11) is 0. The Morgan fingerprint density at radius 3 is 2.40 bits per heavy atom. The second-order valence-corrected chi connectivity index (χ2v) is 7.08. The summed E-state index contributed by atoms with van der Waals surface area (Å²) in [6.45, 7) is 3.13. The predicted octanol–water partition coefficient (Wildman–Crippen LogP) is 3.38. The number of anilines is 1. The number of rotatable bonds is 7. The molecular formula is C24H24N2O4. The van der Waals surface area contributed by atoms with Crippen LogP contribution in [0.15, 0.2) is 66.7 Å². The van der Waals surface area contributed by atoms with E-state index in [-0.39, 0.29) is 18.9 Å². The Kier molecular flexibility index (Phi) is 6.80. The summed E-state index contributed by atoms with van der Waals surface area (Å²) in [5.41, 5.74) is 2.58. The van der Waals surface area contributed by atoms with Crippen LogP contribution in [0.3, 0.4) is 0 Å². The molecule has 6 heteroatoms. The predicted molar refractivity (Wildman–Crippen MR) is 116 cm³/mol. The van der Waals surface area contributed by atoms with Gasteiger partial charge in [-0.05, 0) is 42.3 Å². The largest absolute Gasteiger partial charge is 0.451 e. The number of carbonyl (C=O) groups is 3. The summed E-state index contributed by atoms with van der Waals surface area (Å²) in [6.07, 6.45) is -0.827. The van der Waals surface area contributed by atoms with Gasteiger partial charge in [-0.1, -0.05) is 60.2 Å². The van der Waals surface area contributed by atoms with Gasteiger partial charge in [0.1, 0.15) is 6.54 Å². The van der Waals surface area contributed by atoms with Crippen LogP contribution in [0.25, 0.3) is 10.8 Å². The molecule has 0 aliphatic heterocycles. The number of ether oxygens (including phenoxy) is 1. The number of fused-ring (bicyclic) bond motifs is 1. The number of hydrogen-bond acceptors (Lipinski definition) is 4. The molecule has 30 heavy (non-hydrogen) atoms. The Bertz CT molecular complexity index is 1050. The van der Waals surface area contributed by atoms with Gasteiger partial charge in [-0.25, -0.2) is 0 Å². The quantitative estimate of drug-likeness (QED) is 0.592. The van der Waals surface area contributed by atoms with Gasteiger partial charge >= 0.3 is 5.97 Å². The van der Waals surface area contributed by atoms with Crippen LogP contribution in [0.5, 0.6) is 0 Å². The minimum atomic E-state index is -0.978. The molecule has 0 aliphatic rings. The third-order valence-electron chi connectivity index (χ3n) is 4.66. The van der Waals surface area contributed by atoms with E-state index in [1.807, 2.05) is 61.5 Å². The van der Waals surface area contributed by atoms with Crippen LogP contribution in [0.4, 0.5) is 5.69 Å². The Labute approximate surface area is 175 Å². The van der Waals surface area contributed by atoms with E-state index in [2.05, 4.69) is 10.6 Å². The van der Waals surface area contributed by atoms with E-state index in [9.17, 15) is 14.4 Å². The summed E-state index contributed by atoms with van der Waals surface area (Å²) in [5.74, 6) is -1.40. The summed E-state index contributed by atoms with van der Waals surface area (Å²) in [5, 5.41) is 7.29. The number of hydrogen-bond donors (Lipinski definition) is 2. The third kappa shape index (κ3) is 5.67. The first-order chi connectivity index (χ1) is 14.4. The van der Waals surface area contributed by atoms with Gasteiger partial charge in [0.25, 0.3) is 5.91 Å². The monoisotopic (exact) mass is 404 g/mol. The van der Waals surface area contributed by atoms with Gasteiger partial charge in [-0.15, -0.1) is 0 Å². The molecular weight excluding hydrogens is 380 g/mol. The molecule has 2 amide bonds. The van der Waals surface area contributed by atoms with Crippen molar-refractivity contribution in [2.45, 2.75) is 26.4 Å². The number of benzene rings is 3. The van der Waals surface area contributed by atoms with Gasteiger partial charge in [0.2, 0.25) is 5.91 Å². The molecule has 0 aromatic heterocycles. The lowest BCUT2D eigenvalue weighted by Crippen LogP contribution is -2.36. The Hall–Kier alpha value is -3.67. The molecule has 6 nitrogen and oxygen atoms in total. The summed E-state index contributed by atoms with van der Waals surface area (Å²) >= 11 is 0. The summed E-state index contributed by atoms with van der Waals surface area (Å²) in [6, 6.07) is 20.9. The van der Waals surface area contributed by atoms with Gasteiger partial charge in [-0.3, -0.25) is 14.4 Å². The highest BCUT2D eigenvalue weighted by Gasteiger charge is 2.18. The molecule has 0 saturated heterocycles. The molecule has 0 spiro atoms. The fourth-order valence-electron chi connectivity index (χ4n) is 3.03. The van der Waals surface area contributed by atoms with E-state index in [0.29, 0.717) is 5.69 Å². The van der Waals surface area contributed by atoms with Crippen LogP contribution in [-0.2, 0) is 25.5 Å². The highest BCUT2D eigenvalue weighted by molar-refractivity contribution is 5.95. The number of carbonyl (C=O) groups excluding carboxylic acids is 3. The minimum Gasteiger partial charge on any atom is -0.451 e. The zero-order chi connectivity index (χ0) is 21.5. The van der Waals surface area contributed by atoms with E-state index >= 15 is 0 Å². The number of esters is 1. The molecule has 0 heterocycles. The Morgan fingerprint density at radius 1 is 0.933 bits per heavy atom. The van der Waals surface area contributed by atoms with Crippen LogP contribution in [-0.4, -0.2) is 30.4 Å². The van der Waals surface area contributed by atoms with E-state index in [4.69, 9.17) is 4.74 Å². The number of aryl methyl sites for hydroxylation is 1. The van der Waals surface area contributed by atoms with Crippen molar-refractivity contribution in [2.75, 3.05) is 11.9 Å². The minimum absolute atomic E-state index is 0.151. The van der Waals surface area contributed by atoms with Crippen LogP contribution in [0, 0.1) is 6.92 Å². The van der Waals surface area contributed by atoms with E-state index in [1.165, 1.54) is 6.92 Å². The zero-order valence-electron chi connectivity index (χ0n) is 17.0. The van der Waals surface area contributed by atoms with Crippen molar-refractivity contribution >= 4 is 34.2 Å². The Balaban J connectivity index is 1.47. The van der Waals surface area contributed by atoms with Crippen molar-refractivity contribution in [3.05, 3.63) is 77.9 Å². The lowest BCUT2D eigenvalue weighted by Gasteiger charge is -2.14. The molecule has 0 radical (unpaired) electrons. The van der Waals surface area contributed by atoms with E-state index in [1.54, 1.807) is 12.1 Å². The second-order valence-electron chi connectivity index (χ2n) is 7.08. The van der Waals surface area contributed by atoms with Crippen LogP contribution in [0.2, 0.25) is 0 Å². The van der Waals surface area contributed by atoms with Crippen molar-refractivity contribution in [1.82, 2.24) is 5.32 Å². The third-order valence-corrected chi connectivity index (χ3v) is 4.66. The topological polar surface area (TPSA) is 84.5 Å². The van der Waals surface area contributed by atoms with Crippen molar-refractivity contribution in [3.63, 3.8) is 0 Å². The van der Waals surface area contributed by atoms with Gasteiger partial charge in [0.15, 0.2) is 6.10 Å². The first kappa shape index (κ1) is 21.0. The normalized spacial score (nSPS) is 11.5. The van der Waals surface area contributed by atoms with Gasteiger partial charge in [0.05, 0.1) is 6.42 Å². The SMILES string of the molecule is Cc1ccc(NC(=O)[C@H](C)OC(=O)CNC(=O)Cc2cccc3ccccc23)cc1. The molecule has 3 rings (SSSR count). The lowest BCUT2D eigenvalue weighted by molar-refractivity contribution is -0.152. The molecule has 2 N–H and O–H groups in total. The van der Waals surface area contributed by atoms with Crippen molar-refractivity contribution in [2.24, 2.45) is 0 Å². The van der Waals surface area contributed by atoms with Crippen molar-refractivity contribution in [3.8, 4) is 0 Å². The maximum atomic E-state index is 12.3. The van der Waals surface area contributed by atoms with E-state index < -0.39 is 18.0 Å². The van der Waals surface area contributed by atoms with Crippen LogP contribution < -0.4 is 10.6 Å². The molecule has 0 bridgehead atoms. The fourth-order valence-corrected chi connectivity index (χ4v) is 3.03. The Morgan fingerprint density at radius 2 is 1.63 bits per heavy atom. The summed E-state index contributed by atoms with van der Waals surface area (Å²) < 4.78 is 5.11. The van der Waals surface area contributed by atoms with Gasteiger partial charge < -0.3 is 15.4 Å².